The molecule has 1 amide bonds. The lowest BCUT2D eigenvalue weighted by Crippen LogP contribution is -2.30. The predicted octanol–water partition coefficient (Wildman–Crippen LogP) is 4.35. The topological polar surface area (TPSA) is 68.1 Å². The third kappa shape index (κ3) is 4.63. The van der Waals surface area contributed by atoms with E-state index in [-0.39, 0.29) is 17.1 Å². The van der Waals surface area contributed by atoms with Gasteiger partial charge in [-0.25, -0.2) is 9.67 Å². The summed E-state index contributed by atoms with van der Waals surface area (Å²) in [6, 6.07) is 3.63. The van der Waals surface area contributed by atoms with Gasteiger partial charge in [-0.15, -0.1) is 0 Å². The maximum absolute atomic E-state index is 12.9. The molecule has 2 aromatic heterocycles. The van der Waals surface area contributed by atoms with E-state index in [1.54, 1.807) is 17.2 Å². The molecule has 0 N–H and O–H groups in total. The fourth-order valence-corrected chi connectivity index (χ4v) is 4.24. The van der Waals surface area contributed by atoms with Crippen molar-refractivity contribution in [2.24, 2.45) is 17.3 Å². The first-order valence-electron chi connectivity index (χ1n) is 10.8. The van der Waals surface area contributed by atoms with Gasteiger partial charge >= 0.3 is 0 Å². The molecule has 162 valence electrons. The Morgan fingerprint density at radius 2 is 1.87 bits per heavy atom. The molecule has 1 aliphatic rings. The van der Waals surface area contributed by atoms with E-state index in [2.05, 4.69) is 46.5 Å². The van der Waals surface area contributed by atoms with Gasteiger partial charge in [0.15, 0.2) is 11.6 Å². The number of fused-ring (bicyclic) bond motifs is 1. The lowest BCUT2D eigenvalue weighted by Gasteiger charge is -2.29. The average molecular weight is 411 g/mol. The van der Waals surface area contributed by atoms with Gasteiger partial charge in [0.25, 0.3) is 5.91 Å². The molecule has 6 nitrogen and oxygen atoms in total. The smallest absolute Gasteiger partial charge is 0.255 e. The molecule has 0 fully saturated rings. The first kappa shape index (κ1) is 22.2. The van der Waals surface area contributed by atoms with Crippen molar-refractivity contribution in [1.29, 1.82) is 0 Å². The highest BCUT2D eigenvalue weighted by molar-refractivity contribution is 6.00. The number of rotatable bonds is 6. The summed E-state index contributed by atoms with van der Waals surface area (Å²) < 4.78 is 1.82. The highest BCUT2D eigenvalue weighted by Gasteiger charge is 2.36. The first-order chi connectivity index (χ1) is 14.0. The molecular formula is C24H34N4O2. The van der Waals surface area contributed by atoms with Crippen molar-refractivity contribution in [3.63, 3.8) is 0 Å². The summed E-state index contributed by atoms with van der Waals surface area (Å²) in [5.74, 6) is 1.59. The van der Waals surface area contributed by atoms with Crippen molar-refractivity contribution in [2.75, 3.05) is 13.6 Å². The van der Waals surface area contributed by atoms with Crippen LogP contribution in [-0.2, 0) is 12.8 Å². The van der Waals surface area contributed by atoms with E-state index >= 15 is 0 Å². The number of hydrogen-bond acceptors (Lipinski definition) is 4. The van der Waals surface area contributed by atoms with E-state index in [4.69, 9.17) is 5.10 Å². The molecule has 0 aromatic carbocycles. The molecule has 0 unspecified atom stereocenters. The van der Waals surface area contributed by atoms with Gasteiger partial charge in [0, 0.05) is 26.2 Å². The van der Waals surface area contributed by atoms with Crippen LogP contribution in [0.2, 0.25) is 0 Å². The van der Waals surface area contributed by atoms with E-state index in [9.17, 15) is 9.59 Å². The van der Waals surface area contributed by atoms with E-state index in [1.165, 1.54) is 0 Å². The predicted molar refractivity (Wildman–Crippen MR) is 118 cm³/mol. The SMILES string of the molecule is CC(C)Cc1nn(-c2ccc(C(=O)N(C)CC(C)C)cn2)c2c1C(=O)CC(C)(C)C2. The summed E-state index contributed by atoms with van der Waals surface area (Å²) >= 11 is 0. The van der Waals surface area contributed by atoms with E-state index < -0.39 is 0 Å². The highest BCUT2D eigenvalue weighted by atomic mass is 16.2. The number of ketones is 1. The van der Waals surface area contributed by atoms with Crippen LogP contribution in [0.4, 0.5) is 0 Å². The number of Topliss-reactive ketones (excluding diaryl/α,β-unsaturated/α-hetero) is 1. The van der Waals surface area contributed by atoms with Gasteiger partial charge in [0.1, 0.15) is 0 Å². The van der Waals surface area contributed by atoms with Gasteiger partial charge in [-0.1, -0.05) is 41.5 Å². The number of carbonyl (C=O) groups is 2. The van der Waals surface area contributed by atoms with Crippen LogP contribution in [0.5, 0.6) is 0 Å². The number of amides is 1. The number of carbonyl (C=O) groups excluding carboxylic acids is 2. The van der Waals surface area contributed by atoms with Gasteiger partial charge in [0.05, 0.1) is 22.5 Å². The van der Waals surface area contributed by atoms with Crippen molar-refractivity contribution < 1.29 is 9.59 Å². The summed E-state index contributed by atoms with van der Waals surface area (Å²) in [7, 11) is 1.81. The van der Waals surface area contributed by atoms with Crippen LogP contribution in [0.25, 0.3) is 5.82 Å². The lowest BCUT2D eigenvalue weighted by molar-refractivity contribution is 0.0778. The maximum Gasteiger partial charge on any atom is 0.255 e. The van der Waals surface area contributed by atoms with Gasteiger partial charge in [-0.2, -0.15) is 5.10 Å². The zero-order valence-corrected chi connectivity index (χ0v) is 19.3. The van der Waals surface area contributed by atoms with Gasteiger partial charge in [-0.05, 0) is 42.2 Å². The van der Waals surface area contributed by atoms with Gasteiger partial charge in [0.2, 0.25) is 0 Å². The summed E-state index contributed by atoms with van der Waals surface area (Å²) in [4.78, 5) is 31.8. The third-order valence-corrected chi connectivity index (χ3v) is 5.42. The Bertz CT molecular complexity index is 939. The maximum atomic E-state index is 12.9. The largest absolute Gasteiger partial charge is 0.341 e. The van der Waals surface area contributed by atoms with Gasteiger partial charge in [-0.3, -0.25) is 9.59 Å². The molecule has 6 heteroatoms. The Kier molecular flexibility index (Phi) is 6.16. The molecular weight excluding hydrogens is 376 g/mol. The Labute approximate surface area is 179 Å². The fourth-order valence-electron chi connectivity index (χ4n) is 4.24. The van der Waals surface area contributed by atoms with Crippen LogP contribution in [0.1, 0.15) is 80.1 Å². The Hall–Kier alpha value is -2.50. The van der Waals surface area contributed by atoms with Crippen LogP contribution in [0.3, 0.4) is 0 Å². The summed E-state index contributed by atoms with van der Waals surface area (Å²) in [6.45, 7) is 13.4. The molecule has 0 atom stereocenters. The Morgan fingerprint density at radius 3 is 2.43 bits per heavy atom. The third-order valence-electron chi connectivity index (χ3n) is 5.42. The number of aromatic nitrogens is 3. The number of hydrogen-bond donors (Lipinski definition) is 0. The summed E-state index contributed by atoms with van der Waals surface area (Å²) in [5, 5.41) is 4.81. The standard InChI is InChI=1S/C24H34N4O2/c1-15(2)10-18-22-19(11-24(5,6)12-20(22)29)28(26-18)21-9-8-17(13-25-21)23(30)27(7)14-16(3)4/h8-9,13,15-16H,10-12,14H2,1-7H3. The number of nitrogens with zero attached hydrogens (tertiary/aromatic N) is 4. The average Bonchev–Trinajstić information content (AvgIpc) is 2.97. The zero-order chi connectivity index (χ0) is 22.2. The molecule has 0 saturated carbocycles. The molecule has 3 rings (SSSR count). The molecule has 0 aliphatic heterocycles. The van der Waals surface area contributed by atoms with Crippen LogP contribution >= 0.6 is 0 Å². The van der Waals surface area contributed by atoms with Crippen molar-refractivity contribution in [3.8, 4) is 5.82 Å². The van der Waals surface area contributed by atoms with Crippen LogP contribution in [-0.4, -0.2) is 44.9 Å². The monoisotopic (exact) mass is 410 g/mol. The zero-order valence-electron chi connectivity index (χ0n) is 19.3. The molecule has 0 bridgehead atoms. The summed E-state index contributed by atoms with van der Waals surface area (Å²) in [5.41, 5.74) is 3.03. The lowest BCUT2D eigenvalue weighted by atomic mass is 9.75. The Morgan fingerprint density at radius 1 is 1.17 bits per heavy atom. The second-order valence-corrected chi connectivity index (χ2v) is 10.2. The fraction of sp³-hybridized carbons (Fsp3) is 0.583. The van der Waals surface area contributed by atoms with Crippen molar-refractivity contribution in [3.05, 3.63) is 40.8 Å². The van der Waals surface area contributed by atoms with Crippen LogP contribution in [0.15, 0.2) is 18.3 Å². The second-order valence-electron chi connectivity index (χ2n) is 10.2. The molecule has 0 radical (unpaired) electrons. The normalized spacial score (nSPS) is 15.6. The highest BCUT2D eigenvalue weighted by Crippen LogP contribution is 2.37. The molecule has 2 aromatic rings. The van der Waals surface area contributed by atoms with E-state index in [0.29, 0.717) is 36.2 Å². The van der Waals surface area contributed by atoms with Crippen LogP contribution < -0.4 is 0 Å². The second kappa shape index (κ2) is 8.32. The first-order valence-corrected chi connectivity index (χ1v) is 10.8. The van der Waals surface area contributed by atoms with Gasteiger partial charge < -0.3 is 4.90 Å². The van der Waals surface area contributed by atoms with Crippen molar-refractivity contribution in [2.45, 2.75) is 60.8 Å². The molecule has 2 heterocycles. The minimum atomic E-state index is -0.105. The quantitative estimate of drug-likeness (QED) is 0.710. The van der Waals surface area contributed by atoms with E-state index in [0.717, 1.165) is 29.8 Å². The minimum Gasteiger partial charge on any atom is -0.341 e. The molecule has 0 saturated heterocycles. The van der Waals surface area contributed by atoms with Crippen LogP contribution in [0, 0.1) is 17.3 Å². The minimum absolute atomic E-state index is 0.0398. The summed E-state index contributed by atoms with van der Waals surface area (Å²) in [6.07, 6.45) is 3.69. The Balaban J connectivity index is 1.98. The molecule has 30 heavy (non-hydrogen) atoms. The number of pyridine rings is 1. The molecule has 0 spiro atoms. The van der Waals surface area contributed by atoms with Crippen molar-refractivity contribution >= 4 is 11.7 Å². The van der Waals surface area contributed by atoms with Crippen molar-refractivity contribution in [1.82, 2.24) is 19.7 Å². The van der Waals surface area contributed by atoms with E-state index in [1.807, 2.05) is 17.8 Å². The molecule has 1 aliphatic carbocycles.